The second-order valence-corrected chi connectivity index (χ2v) is 4.67. The smallest absolute Gasteiger partial charge is 0.234 e. The van der Waals surface area contributed by atoms with E-state index in [4.69, 9.17) is 0 Å². The van der Waals surface area contributed by atoms with Crippen LogP contribution in [0.4, 0.5) is 0 Å². The molecular weight excluding hydrogens is 204 g/mol. The van der Waals surface area contributed by atoms with Gasteiger partial charge in [0.25, 0.3) is 0 Å². The van der Waals surface area contributed by atoms with Crippen molar-refractivity contribution in [3.05, 3.63) is 0 Å². The summed E-state index contributed by atoms with van der Waals surface area (Å²) in [5.74, 6) is 0.243. The van der Waals surface area contributed by atoms with Crippen LogP contribution in [0.15, 0.2) is 0 Å². The van der Waals surface area contributed by atoms with Crippen molar-refractivity contribution in [2.75, 3.05) is 20.1 Å². The Kier molecular flexibility index (Phi) is 6.97. The molecule has 16 heavy (non-hydrogen) atoms. The van der Waals surface area contributed by atoms with Gasteiger partial charge >= 0.3 is 0 Å². The third-order valence-electron chi connectivity index (χ3n) is 2.45. The highest BCUT2D eigenvalue weighted by molar-refractivity contribution is 5.84. The van der Waals surface area contributed by atoms with Gasteiger partial charge in [0.15, 0.2) is 0 Å². The van der Waals surface area contributed by atoms with Crippen LogP contribution in [0.1, 0.15) is 34.1 Å². The van der Waals surface area contributed by atoms with E-state index >= 15 is 0 Å². The van der Waals surface area contributed by atoms with E-state index < -0.39 is 0 Å². The standard InChI is InChI=1S/C12H24N2O2/c1-6-10(4)11(15)7-14(5)8-12(16)13-9(2)3/h9-10H,6-8H2,1-5H3,(H,13,16). The van der Waals surface area contributed by atoms with E-state index in [-0.39, 0.29) is 30.2 Å². The molecular formula is C12H24N2O2. The Balaban J connectivity index is 3.94. The molecule has 0 spiro atoms. The molecule has 1 atom stereocenters. The molecule has 1 unspecified atom stereocenters. The number of hydrogen-bond donors (Lipinski definition) is 1. The highest BCUT2D eigenvalue weighted by Gasteiger charge is 2.15. The normalized spacial score (nSPS) is 12.9. The Morgan fingerprint density at radius 2 is 1.75 bits per heavy atom. The summed E-state index contributed by atoms with van der Waals surface area (Å²) < 4.78 is 0. The van der Waals surface area contributed by atoms with E-state index in [9.17, 15) is 9.59 Å². The van der Waals surface area contributed by atoms with Gasteiger partial charge in [-0.3, -0.25) is 14.5 Å². The summed E-state index contributed by atoms with van der Waals surface area (Å²) in [4.78, 5) is 24.8. The number of rotatable bonds is 7. The van der Waals surface area contributed by atoms with Crippen molar-refractivity contribution in [2.45, 2.75) is 40.2 Å². The summed E-state index contributed by atoms with van der Waals surface area (Å²) >= 11 is 0. The number of carbonyl (C=O) groups is 2. The van der Waals surface area contributed by atoms with E-state index in [1.165, 1.54) is 0 Å². The van der Waals surface area contributed by atoms with Crippen molar-refractivity contribution >= 4 is 11.7 Å². The quantitative estimate of drug-likeness (QED) is 0.709. The monoisotopic (exact) mass is 228 g/mol. The Hall–Kier alpha value is -0.900. The first kappa shape index (κ1) is 15.1. The molecule has 0 bridgehead atoms. The van der Waals surface area contributed by atoms with Gasteiger partial charge in [0, 0.05) is 12.0 Å². The van der Waals surface area contributed by atoms with Gasteiger partial charge in [-0.2, -0.15) is 0 Å². The molecule has 0 saturated carbocycles. The Labute approximate surface area is 98.4 Å². The molecule has 1 N–H and O–H groups in total. The zero-order chi connectivity index (χ0) is 12.7. The van der Waals surface area contributed by atoms with E-state index in [1.54, 1.807) is 11.9 Å². The summed E-state index contributed by atoms with van der Waals surface area (Å²) in [6.45, 7) is 8.38. The lowest BCUT2D eigenvalue weighted by Gasteiger charge is -2.18. The predicted octanol–water partition coefficient (Wildman–Crippen LogP) is 1.06. The van der Waals surface area contributed by atoms with Crippen LogP contribution in [0.25, 0.3) is 0 Å². The van der Waals surface area contributed by atoms with Crippen LogP contribution in [-0.2, 0) is 9.59 Å². The summed E-state index contributed by atoms with van der Waals surface area (Å²) in [5.41, 5.74) is 0. The third-order valence-corrected chi connectivity index (χ3v) is 2.45. The first-order chi connectivity index (χ1) is 7.36. The van der Waals surface area contributed by atoms with Crippen molar-refractivity contribution < 1.29 is 9.59 Å². The molecule has 0 aliphatic rings. The first-order valence-corrected chi connectivity index (χ1v) is 5.87. The second-order valence-electron chi connectivity index (χ2n) is 4.67. The maximum absolute atomic E-state index is 11.6. The fourth-order valence-corrected chi connectivity index (χ4v) is 1.32. The molecule has 0 aliphatic carbocycles. The average molecular weight is 228 g/mol. The minimum Gasteiger partial charge on any atom is -0.353 e. The first-order valence-electron chi connectivity index (χ1n) is 5.87. The van der Waals surface area contributed by atoms with Crippen molar-refractivity contribution in [1.82, 2.24) is 10.2 Å². The topological polar surface area (TPSA) is 49.4 Å². The van der Waals surface area contributed by atoms with Gasteiger partial charge in [-0.25, -0.2) is 0 Å². The second kappa shape index (κ2) is 7.39. The molecule has 94 valence electrons. The highest BCUT2D eigenvalue weighted by Crippen LogP contribution is 2.02. The maximum Gasteiger partial charge on any atom is 0.234 e. The number of amides is 1. The number of carbonyl (C=O) groups excluding carboxylic acids is 2. The number of likely N-dealkylation sites (N-methyl/N-ethyl adjacent to an activating group) is 1. The number of Topliss-reactive ketones (excluding diaryl/α,β-unsaturated/α-hetero) is 1. The highest BCUT2D eigenvalue weighted by atomic mass is 16.2. The molecule has 0 saturated heterocycles. The van der Waals surface area contributed by atoms with Crippen LogP contribution in [-0.4, -0.2) is 42.8 Å². The SMILES string of the molecule is CCC(C)C(=O)CN(C)CC(=O)NC(C)C. The molecule has 0 aromatic carbocycles. The lowest BCUT2D eigenvalue weighted by Crippen LogP contribution is -2.40. The van der Waals surface area contributed by atoms with Crippen molar-refractivity contribution in [3.8, 4) is 0 Å². The van der Waals surface area contributed by atoms with Crippen LogP contribution in [0.5, 0.6) is 0 Å². The molecule has 4 nitrogen and oxygen atoms in total. The average Bonchev–Trinajstić information content (AvgIpc) is 2.14. The molecule has 0 heterocycles. The molecule has 1 amide bonds. The number of nitrogens with one attached hydrogen (secondary N) is 1. The lowest BCUT2D eigenvalue weighted by molar-refractivity contribution is -0.125. The maximum atomic E-state index is 11.6. The van der Waals surface area contributed by atoms with E-state index in [1.807, 2.05) is 27.7 Å². The van der Waals surface area contributed by atoms with Crippen molar-refractivity contribution in [2.24, 2.45) is 5.92 Å². The molecule has 0 radical (unpaired) electrons. The minimum absolute atomic E-state index is 0.0329. The predicted molar refractivity (Wildman–Crippen MR) is 65.2 cm³/mol. The summed E-state index contributed by atoms with van der Waals surface area (Å²) in [5, 5.41) is 2.80. The zero-order valence-electron chi connectivity index (χ0n) is 11.0. The van der Waals surface area contributed by atoms with Gasteiger partial charge in [0.1, 0.15) is 5.78 Å². The Bertz CT molecular complexity index is 239. The van der Waals surface area contributed by atoms with Gasteiger partial charge in [-0.1, -0.05) is 13.8 Å². The van der Waals surface area contributed by atoms with Gasteiger partial charge < -0.3 is 5.32 Å². The van der Waals surface area contributed by atoms with Crippen LogP contribution in [0.2, 0.25) is 0 Å². The summed E-state index contributed by atoms with van der Waals surface area (Å²) in [6.07, 6.45) is 0.852. The summed E-state index contributed by atoms with van der Waals surface area (Å²) in [6, 6.07) is 0.145. The number of nitrogens with zero attached hydrogens (tertiary/aromatic N) is 1. The van der Waals surface area contributed by atoms with E-state index in [2.05, 4.69) is 5.32 Å². The van der Waals surface area contributed by atoms with Crippen molar-refractivity contribution in [3.63, 3.8) is 0 Å². The molecule has 0 fully saturated rings. The Morgan fingerprint density at radius 1 is 1.19 bits per heavy atom. The molecule has 0 aromatic heterocycles. The van der Waals surface area contributed by atoms with Gasteiger partial charge in [-0.05, 0) is 27.3 Å². The largest absolute Gasteiger partial charge is 0.353 e. The van der Waals surface area contributed by atoms with Gasteiger partial charge in [-0.15, -0.1) is 0 Å². The van der Waals surface area contributed by atoms with Crippen LogP contribution in [0.3, 0.4) is 0 Å². The van der Waals surface area contributed by atoms with Crippen molar-refractivity contribution in [1.29, 1.82) is 0 Å². The molecule has 4 heteroatoms. The van der Waals surface area contributed by atoms with Crippen LogP contribution < -0.4 is 5.32 Å². The summed E-state index contributed by atoms with van der Waals surface area (Å²) in [7, 11) is 1.79. The minimum atomic E-state index is -0.0329. The molecule has 0 rings (SSSR count). The Morgan fingerprint density at radius 3 is 2.19 bits per heavy atom. The number of ketones is 1. The van der Waals surface area contributed by atoms with Gasteiger partial charge in [0.05, 0.1) is 13.1 Å². The fraction of sp³-hybridized carbons (Fsp3) is 0.833. The number of hydrogen-bond acceptors (Lipinski definition) is 3. The van der Waals surface area contributed by atoms with E-state index in [0.29, 0.717) is 6.54 Å². The third kappa shape index (κ3) is 6.56. The molecule has 0 aliphatic heterocycles. The van der Waals surface area contributed by atoms with Crippen LogP contribution in [0, 0.1) is 5.92 Å². The molecule has 0 aromatic rings. The van der Waals surface area contributed by atoms with Crippen LogP contribution >= 0.6 is 0 Å². The zero-order valence-corrected chi connectivity index (χ0v) is 11.0. The fourth-order valence-electron chi connectivity index (χ4n) is 1.32. The lowest BCUT2D eigenvalue weighted by atomic mass is 10.0. The van der Waals surface area contributed by atoms with Gasteiger partial charge in [0.2, 0.25) is 5.91 Å². The van der Waals surface area contributed by atoms with E-state index in [0.717, 1.165) is 6.42 Å².